The van der Waals surface area contributed by atoms with Crippen LogP contribution in [0.2, 0.25) is 0 Å². The van der Waals surface area contributed by atoms with Crippen molar-refractivity contribution in [1.82, 2.24) is 9.80 Å². The molecule has 5 heterocycles. The highest BCUT2D eigenvalue weighted by molar-refractivity contribution is 6.47. The molecule has 4 saturated heterocycles. The van der Waals surface area contributed by atoms with Crippen LogP contribution in [0.3, 0.4) is 0 Å². The fourth-order valence-corrected chi connectivity index (χ4v) is 7.55. The van der Waals surface area contributed by atoms with Crippen molar-refractivity contribution in [2.24, 2.45) is 17.3 Å². The molecule has 1 spiro atoms. The van der Waals surface area contributed by atoms with Crippen LogP contribution in [0.25, 0.3) is 0 Å². The number of allylic oxidation sites excluding steroid dienone is 3. The molecule has 2 bridgehead atoms. The first-order chi connectivity index (χ1) is 13.1. The van der Waals surface area contributed by atoms with Crippen LogP contribution < -0.4 is 0 Å². The quantitative estimate of drug-likeness (QED) is 0.358. The highest BCUT2D eigenvalue weighted by Crippen LogP contribution is 2.68. The lowest BCUT2D eigenvalue weighted by molar-refractivity contribution is -0.156. The number of hydrogen-bond donors (Lipinski definition) is 0. The molecule has 2 aliphatic carbocycles. The van der Waals surface area contributed by atoms with E-state index in [9.17, 15) is 14.4 Å². The van der Waals surface area contributed by atoms with Gasteiger partial charge >= 0.3 is 0 Å². The molecule has 7 aliphatic rings. The molecule has 6 nitrogen and oxygen atoms in total. The summed E-state index contributed by atoms with van der Waals surface area (Å²) in [6, 6.07) is 0.349. The molecule has 1 saturated carbocycles. The molecule has 0 radical (unpaired) electrons. The number of piperidine rings is 2. The number of ketones is 2. The third-order valence-corrected chi connectivity index (χ3v) is 8.38. The van der Waals surface area contributed by atoms with Gasteiger partial charge < -0.3 is 9.64 Å². The van der Waals surface area contributed by atoms with Crippen molar-refractivity contribution >= 4 is 17.5 Å². The topological polar surface area (TPSA) is 66.9 Å². The summed E-state index contributed by atoms with van der Waals surface area (Å²) in [6.45, 7) is 2.54. The molecule has 6 atom stereocenters. The second-order valence-electron chi connectivity index (χ2n) is 9.08. The Morgan fingerprint density at radius 1 is 1.15 bits per heavy atom. The summed E-state index contributed by atoms with van der Waals surface area (Å²) in [7, 11) is 0. The van der Waals surface area contributed by atoms with Gasteiger partial charge in [0.05, 0.1) is 30.9 Å². The Morgan fingerprint density at radius 3 is 2.89 bits per heavy atom. The molecule has 0 aromatic heterocycles. The van der Waals surface area contributed by atoms with Crippen LogP contribution in [0.1, 0.15) is 19.3 Å². The van der Waals surface area contributed by atoms with E-state index < -0.39 is 11.6 Å². The molecule has 0 N–H and O–H groups in total. The van der Waals surface area contributed by atoms with Gasteiger partial charge in [-0.15, -0.1) is 0 Å². The minimum atomic E-state index is -0.505. The summed E-state index contributed by atoms with van der Waals surface area (Å²) in [6.07, 6.45) is 7.56. The normalized spacial score (nSPS) is 46.7. The van der Waals surface area contributed by atoms with E-state index in [2.05, 4.69) is 11.0 Å². The number of amides is 1. The fourth-order valence-electron chi connectivity index (χ4n) is 7.55. The largest absolute Gasteiger partial charge is 0.373 e. The Labute approximate surface area is 156 Å². The highest BCUT2D eigenvalue weighted by atomic mass is 16.5. The first-order valence-corrected chi connectivity index (χ1v) is 9.99. The molecule has 0 unspecified atom stereocenters. The van der Waals surface area contributed by atoms with Gasteiger partial charge in [-0.25, -0.2) is 0 Å². The third-order valence-electron chi connectivity index (χ3n) is 8.38. The second-order valence-corrected chi connectivity index (χ2v) is 9.08. The number of rotatable bonds is 0. The van der Waals surface area contributed by atoms with E-state index in [4.69, 9.17) is 4.74 Å². The highest BCUT2D eigenvalue weighted by Gasteiger charge is 2.72. The van der Waals surface area contributed by atoms with Crippen LogP contribution in [-0.4, -0.2) is 65.2 Å². The van der Waals surface area contributed by atoms with Gasteiger partial charge in [0.15, 0.2) is 0 Å². The number of ether oxygens (including phenoxy) is 1. The maximum atomic E-state index is 13.2. The Bertz CT molecular complexity index is 946. The SMILES string of the molecule is O=C1C=C2C(=CC1=O)[C@]13CCN4CC5=CCO[C@@H]6CC(=O)N2[C@@H]1[C@@H]6[C@H]5C[C@H]43. The van der Waals surface area contributed by atoms with E-state index in [1.807, 2.05) is 4.90 Å². The number of carbonyl (C=O) groups is 3. The van der Waals surface area contributed by atoms with E-state index in [1.165, 1.54) is 11.6 Å². The summed E-state index contributed by atoms with van der Waals surface area (Å²) in [4.78, 5) is 42.1. The summed E-state index contributed by atoms with van der Waals surface area (Å²) in [5, 5.41) is 0. The van der Waals surface area contributed by atoms with Crippen LogP contribution >= 0.6 is 0 Å². The Balaban J connectivity index is 1.54. The zero-order valence-electron chi connectivity index (χ0n) is 14.9. The minimum Gasteiger partial charge on any atom is -0.373 e. The van der Waals surface area contributed by atoms with Crippen molar-refractivity contribution in [3.63, 3.8) is 0 Å². The van der Waals surface area contributed by atoms with Gasteiger partial charge in [0.2, 0.25) is 17.5 Å². The van der Waals surface area contributed by atoms with Gasteiger partial charge in [0.25, 0.3) is 0 Å². The molecule has 7 rings (SSSR count). The summed E-state index contributed by atoms with van der Waals surface area (Å²) in [5.41, 5.74) is 2.90. The van der Waals surface area contributed by atoms with E-state index >= 15 is 0 Å². The molecule has 27 heavy (non-hydrogen) atoms. The van der Waals surface area contributed by atoms with E-state index in [-0.39, 0.29) is 29.4 Å². The summed E-state index contributed by atoms with van der Waals surface area (Å²) >= 11 is 0. The monoisotopic (exact) mass is 364 g/mol. The number of carbonyl (C=O) groups excluding carboxylic acids is 3. The van der Waals surface area contributed by atoms with Crippen molar-refractivity contribution in [3.8, 4) is 0 Å². The first kappa shape index (κ1) is 14.9. The molecular weight excluding hydrogens is 344 g/mol. The van der Waals surface area contributed by atoms with Crippen LogP contribution in [-0.2, 0) is 19.1 Å². The van der Waals surface area contributed by atoms with Crippen LogP contribution in [0.4, 0.5) is 0 Å². The molecular formula is C21H20N2O4. The summed E-state index contributed by atoms with van der Waals surface area (Å²) in [5.74, 6) is -0.210. The zero-order valence-corrected chi connectivity index (χ0v) is 14.9. The summed E-state index contributed by atoms with van der Waals surface area (Å²) < 4.78 is 6.17. The Hall–Kier alpha value is -2.05. The maximum absolute atomic E-state index is 13.2. The van der Waals surface area contributed by atoms with Crippen LogP contribution in [0.5, 0.6) is 0 Å². The Morgan fingerprint density at radius 2 is 2.00 bits per heavy atom. The molecule has 6 heteroatoms. The van der Waals surface area contributed by atoms with Crippen molar-refractivity contribution < 1.29 is 19.1 Å². The Kier molecular flexibility index (Phi) is 2.49. The van der Waals surface area contributed by atoms with Gasteiger partial charge in [0, 0.05) is 30.0 Å². The molecule has 5 fully saturated rings. The molecule has 0 aromatic rings. The van der Waals surface area contributed by atoms with Gasteiger partial charge in [-0.2, -0.15) is 0 Å². The van der Waals surface area contributed by atoms with Gasteiger partial charge in [-0.1, -0.05) is 11.6 Å². The van der Waals surface area contributed by atoms with Crippen molar-refractivity contribution in [1.29, 1.82) is 0 Å². The van der Waals surface area contributed by atoms with Gasteiger partial charge in [0.1, 0.15) is 0 Å². The smallest absolute Gasteiger partial charge is 0.229 e. The van der Waals surface area contributed by atoms with E-state index in [0.29, 0.717) is 30.7 Å². The average molecular weight is 364 g/mol. The lowest BCUT2D eigenvalue weighted by Gasteiger charge is -2.58. The van der Waals surface area contributed by atoms with E-state index in [0.717, 1.165) is 31.5 Å². The number of fused-ring (bicyclic) bond motifs is 2. The number of hydrogen-bond acceptors (Lipinski definition) is 5. The predicted molar refractivity (Wildman–Crippen MR) is 93.3 cm³/mol. The molecule has 5 aliphatic heterocycles. The number of nitrogens with zero attached hydrogens (tertiary/aromatic N) is 2. The molecule has 138 valence electrons. The van der Waals surface area contributed by atoms with Gasteiger partial charge in [-0.3, -0.25) is 19.3 Å². The van der Waals surface area contributed by atoms with Gasteiger partial charge in [-0.05, 0) is 37.0 Å². The van der Waals surface area contributed by atoms with Crippen molar-refractivity contribution in [2.75, 3.05) is 19.7 Å². The lowest BCUT2D eigenvalue weighted by Crippen LogP contribution is -2.66. The van der Waals surface area contributed by atoms with Crippen LogP contribution in [0, 0.1) is 17.3 Å². The fraction of sp³-hybridized carbons (Fsp3) is 0.571. The second kappa shape index (κ2) is 4.50. The standard InChI is InChI=1S/C21H20N2O4/c24-14-6-12-13(7-15(14)25)23-18(26)8-16-19-11-5-17-21(12,20(19)23)2-3-22(17)9-10(11)1-4-27-16/h1,6-7,11,16-17,19-20H,2-5,8-9H2/t11-,16+,17-,19+,20+,21-/m0/s1. The molecule has 0 aromatic carbocycles. The molecule has 1 amide bonds. The minimum absolute atomic E-state index is 0.00972. The average Bonchev–Trinajstić information content (AvgIpc) is 3.10. The zero-order chi connectivity index (χ0) is 18.1. The van der Waals surface area contributed by atoms with Crippen LogP contribution in [0.15, 0.2) is 35.1 Å². The first-order valence-electron chi connectivity index (χ1n) is 9.99. The lowest BCUT2D eigenvalue weighted by atomic mass is 9.53. The maximum Gasteiger partial charge on any atom is 0.229 e. The van der Waals surface area contributed by atoms with Crippen molar-refractivity contribution in [2.45, 2.75) is 37.5 Å². The third kappa shape index (κ3) is 1.49. The van der Waals surface area contributed by atoms with E-state index in [1.54, 1.807) is 6.08 Å². The predicted octanol–water partition coefficient (Wildman–Crippen LogP) is 0.599. The van der Waals surface area contributed by atoms with Crippen molar-refractivity contribution in [3.05, 3.63) is 35.1 Å².